The molecule has 0 unspecified atom stereocenters. The highest BCUT2D eigenvalue weighted by molar-refractivity contribution is 7.89. The third-order valence-electron chi connectivity index (χ3n) is 3.05. The first-order chi connectivity index (χ1) is 9.94. The highest BCUT2D eigenvalue weighted by atomic mass is 35.5. The first-order valence-corrected chi connectivity index (χ1v) is 8.21. The van der Waals surface area contributed by atoms with Gasteiger partial charge in [-0.25, -0.2) is 13.1 Å². The standard InChI is InChI=1S/C15H16ClNO3S/c1-11(12-6-4-3-5-7-12)17-21(18,19)15-9-8-13(16)10-14(15)20-2/h3-11,17H,1-2H3/t11-/m0/s1. The van der Waals surface area contributed by atoms with Crippen molar-refractivity contribution in [2.24, 2.45) is 0 Å². The molecule has 0 bridgehead atoms. The van der Waals surface area contributed by atoms with Gasteiger partial charge in [0.15, 0.2) is 0 Å². The Morgan fingerprint density at radius 1 is 1.14 bits per heavy atom. The molecule has 0 radical (unpaired) electrons. The highest BCUT2D eigenvalue weighted by Crippen LogP contribution is 2.28. The first kappa shape index (κ1) is 15.8. The molecule has 0 aliphatic carbocycles. The van der Waals surface area contributed by atoms with Crippen molar-refractivity contribution in [3.63, 3.8) is 0 Å². The Hall–Kier alpha value is -1.56. The van der Waals surface area contributed by atoms with Gasteiger partial charge in [-0.15, -0.1) is 0 Å². The quantitative estimate of drug-likeness (QED) is 0.916. The fourth-order valence-corrected chi connectivity index (χ4v) is 3.51. The second-order valence-electron chi connectivity index (χ2n) is 4.55. The maximum atomic E-state index is 12.5. The molecule has 2 rings (SSSR count). The van der Waals surface area contributed by atoms with Gasteiger partial charge in [0.2, 0.25) is 10.0 Å². The van der Waals surface area contributed by atoms with Crippen molar-refractivity contribution in [3.8, 4) is 5.75 Å². The average molecular weight is 326 g/mol. The average Bonchev–Trinajstić information content (AvgIpc) is 2.47. The second-order valence-corrected chi connectivity index (χ2v) is 6.67. The number of hydrogen-bond acceptors (Lipinski definition) is 3. The van der Waals surface area contributed by atoms with Crippen LogP contribution in [0.4, 0.5) is 0 Å². The van der Waals surface area contributed by atoms with Gasteiger partial charge in [0, 0.05) is 17.1 Å². The molecule has 112 valence electrons. The van der Waals surface area contributed by atoms with E-state index in [0.29, 0.717) is 5.02 Å². The Bertz CT molecular complexity index is 717. The predicted octanol–water partition coefficient (Wildman–Crippen LogP) is 3.39. The maximum Gasteiger partial charge on any atom is 0.244 e. The number of rotatable bonds is 5. The second kappa shape index (κ2) is 6.47. The van der Waals surface area contributed by atoms with Gasteiger partial charge < -0.3 is 4.74 Å². The molecule has 0 amide bonds. The summed E-state index contributed by atoms with van der Waals surface area (Å²) in [4.78, 5) is 0.0668. The number of sulfonamides is 1. The third kappa shape index (κ3) is 3.75. The van der Waals surface area contributed by atoms with Crippen LogP contribution < -0.4 is 9.46 Å². The van der Waals surface area contributed by atoms with Crippen LogP contribution in [0.25, 0.3) is 0 Å². The van der Waals surface area contributed by atoms with Crippen LogP contribution in [-0.2, 0) is 10.0 Å². The first-order valence-electron chi connectivity index (χ1n) is 6.35. The largest absolute Gasteiger partial charge is 0.495 e. The van der Waals surface area contributed by atoms with E-state index < -0.39 is 10.0 Å². The molecule has 1 N–H and O–H groups in total. The molecule has 0 aromatic heterocycles. The van der Waals surface area contributed by atoms with E-state index in [0.717, 1.165) is 5.56 Å². The summed E-state index contributed by atoms with van der Waals surface area (Å²) >= 11 is 5.85. The fraction of sp³-hybridized carbons (Fsp3) is 0.200. The molecule has 21 heavy (non-hydrogen) atoms. The molecular formula is C15H16ClNO3S. The van der Waals surface area contributed by atoms with E-state index in [9.17, 15) is 8.42 Å². The van der Waals surface area contributed by atoms with Crippen LogP contribution in [0.2, 0.25) is 5.02 Å². The molecule has 0 spiro atoms. The van der Waals surface area contributed by atoms with Crippen molar-refractivity contribution < 1.29 is 13.2 Å². The topological polar surface area (TPSA) is 55.4 Å². The summed E-state index contributed by atoms with van der Waals surface area (Å²) in [6, 6.07) is 13.4. The lowest BCUT2D eigenvalue weighted by Gasteiger charge is -2.16. The smallest absolute Gasteiger partial charge is 0.244 e. The zero-order valence-electron chi connectivity index (χ0n) is 11.7. The number of hydrogen-bond donors (Lipinski definition) is 1. The van der Waals surface area contributed by atoms with Gasteiger partial charge in [0.05, 0.1) is 7.11 Å². The lowest BCUT2D eigenvalue weighted by Crippen LogP contribution is -2.27. The van der Waals surface area contributed by atoms with Crippen molar-refractivity contribution in [2.75, 3.05) is 7.11 Å². The zero-order chi connectivity index (χ0) is 15.5. The monoisotopic (exact) mass is 325 g/mol. The van der Waals surface area contributed by atoms with Gasteiger partial charge in [-0.05, 0) is 24.6 Å². The minimum Gasteiger partial charge on any atom is -0.495 e. The van der Waals surface area contributed by atoms with E-state index in [1.807, 2.05) is 30.3 Å². The summed E-state index contributed by atoms with van der Waals surface area (Å²) in [6.07, 6.45) is 0. The van der Waals surface area contributed by atoms with Crippen LogP contribution in [0, 0.1) is 0 Å². The SMILES string of the molecule is COc1cc(Cl)ccc1S(=O)(=O)N[C@@H](C)c1ccccc1. The number of nitrogens with one attached hydrogen (secondary N) is 1. The summed E-state index contributed by atoms with van der Waals surface area (Å²) in [7, 11) is -2.29. The minimum absolute atomic E-state index is 0.0668. The van der Waals surface area contributed by atoms with Gasteiger partial charge in [-0.3, -0.25) is 0 Å². The summed E-state index contributed by atoms with van der Waals surface area (Å²) in [5.74, 6) is 0.218. The van der Waals surface area contributed by atoms with Crippen LogP contribution in [0.1, 0.15) is 18.5 Å². The Labute approximate surface area is 129 Å². The molecular weight excluding hydrogens is 310 g/mol. The van der Waals surface area contributed by atoms with Crippen LogP contribution in [0.5, 0.6) is 5.75 Å². The molecule has 2 aromatic rings. The number of benzene rings is 2. The van der Waals surface area contributed by atoms with Gasteiger partial charge in [0.25, 0.3) is 0 Å². The lowest BCUT2D eigenvalue weighted by molar-refractivity contribution is 0.402. The summed E-state index contributed by atoms with van der Waals surface area (Å²) < 4.78 is 32.7. The van der Waals surface area contributed by atoms with E-state index >= 15 is 0 Å². The van der Waals surface area contributed by atoms with Crippen molar-refractivity contribution in [3.05, 3.63) is 59.1 Å². The summed E-state index contributed by atoms with van der Waals surface area (Å²) in [5.41, 5.74) is 0.883. The van der Waals surface area contributed by atoms with E-state index in [1.54, 1.807) is 6.92 Å². The van der Waals surface area contributed by atoms with Gasteiger partial charge >= 0.3 is 0 Å². The Kier molecular flexibility index (Phi) is 4.88. The van der Waals surface area contributed by atoms with E-state index in [-0.39, 0.29) is 16.7 Å². The van der Waals surface area contributed by atoms with E-state index in [1.165, 1.54) is 25.3 Å². The highest BCUT2D eigenvalue weighted by Gasteiger charge is 2.22. The molecule has 6 heteroatoms. The number of methoxy groups -OCH3 is 1. The maximum absolute atomic E-state index is 12.5. The van der Waals surface area contributed by atoms with Gasteiger partial charge in [0.1, 0.15) is 10.6 Å². The van der Waals surface area contributed by atoms with Crippen LogP contribution in [-0.4, -0.2) is 15.5 Å². The molecule has 0 aliphatic heterocycles. The summed E-state index contributed by atoms with van der Waals surface area (Å²) in [6.45, 7) is 1.79. The molecule has 0 heterocycles. The van der Waals surface area contributed by atoms with Crippen LogP contribution in [0.15, 0.2) is 53.4 Å². The van der Waals surface area contributed by atoms with Crippen LogP contribution >= 0.6 is 11.6 Å². The summed E-state index contributed by atoms with van der Waals surface area (Å²) in [5, 5.41) is 0.418. The predicted molar refractivity (Wildman–Crippen MR) is 83.2 cm³/mol. The lowest BCUT2D eigenvalue weighted by atomic mass is 10.1. The Morgan fingerprint density at radius 2 is 1.81 bits per heavy atom. The van der Waals surface area contributed by atoms with Crippen molar-refractivity contribution >= 4 is 21.6 Å². The molecule has 0 fully saturated rings. The van der Waals surface area contributed by atoms with Crippen molar-refractivity contribution in [2.45, 2.75) is 17.9 Å². The number of halogens is 1. The molecule has 2 aromatic carbocycles. The normalized spacial score (nSPS) is 12.9. The van der Waals surface area contributed by atoms with Gasteiger partial charge in [-0.1, -0.05) is 41.9 Å². The Balaban J connectivity index is 2.31. The minimum atomic E-state index is -3.70. The molecule has 1 atom stereocenters. The van der Waals surface area contributed by atoms with Crippen LogP contribution in [0.3, 0.4) is 0 Å². The molecule has 0 saturated carbocycles. The van der Waals surface area contributed by atoms with Gasteiger partial charge in [-0.2, -0.15) is 0 Å². The van der Waals surface area contributed by atoms with Crippen molar-refractivity contribution in [1.82, 2.24) is 4.72 Å². The number of ether oxygens (including phenoxy) is 1. The third-order valence-corrected chi connectivity index (χ3v) is 4.86. The zero-order valence-corrected chi connectivity index (χ0v) is 13.3. The van der Waals surface area contributed by atoms with E-state index in [2.05, 4.69) is 4.72 Å². The van der Waals surface area contributed by atoms with Crippen molar-refractivity contribution in [1.29, 1.82) is 0 Å². The van der Waals surface area contributed by atoms with E-state index in [4.69, 9.17) is 16.3 Å². The molecule has 0 aliphatic rings. The molecule has 0 saturated heterocycles. The molecule has 4 nitrogen and oxygen atoms in total. The Morgan fingerprint density at radius 3 is 2.43 bits per heavy atom. The fourth-order valence-electron chi connectivity index (χ4n) is 1.97.